The molecule has 1 fully saturated rings. The highest BCUT2D eigenvalue weighted by Crippen LogP contribution is 2.17. The smallest absolute Gasteiger partial charge is 0.229 e. The number of amides is 1. The second-order valence-electron chi connectivity index (χ2n) is 4.08. The van der Waals surface area contributed by atoms with Crippen LogP contribution in [0.2, 0.25) is 0 Å². The molecule has 1 aromatic heterocycles. The summed E-state index contributed by atoms with van der Waals surface area (Å²) in [6.07, 6.45) is 0. The van der Waals surface area contributed by atoms with Crippen molar-refractivity contribution in [3.8, 4) is 0 Å². The summed E-state index contributed by atoms with van der Waals surface area (Å²) in [4.78, 5) is 15.0. The van der Waals surface area contributed by atoms with Crippen molar-refractivity contribution in [1.82, 2.24) is 4.90 Å². The molecule has 5 heteroatoms. The number of ether oxygens (including phenoxy) is 1. The van der Waals surface area contributed by atoms with Crippen molar-refractivity contribution in [2.24, 2.45) is 11.7 Å². The molecule has 1 aliphatic rings. The predicted molar refractivity (Wildman–Crippen MR) is 63.1 cm³/mol. The highest BCUT2D eigenvalue weighted by molar-refractivity contribution is 7.09. The molecular formula is C11H16N2O2S. The fourth-order valence-corrected chi connectivity index (χ4v) is 2.58. The maximum Gasteiger partial charge on any atom is 0.229 e. The zero-order chi connectivity index (χ0) is 11.5. The molecule has 4 nitrogen and oxygen atoms in total. The van der Waals surface area contributed by atoms with Gasteiger partial charge in [0, 0.05) is 18.0 Å². The van der Waals surface area contributed by atoms with Gasteiger partial charge >= 0.3 is 0 Å². The lowest BCUT2D eigenvalue weighted by molar-refractivity contribution is -0.134. The highest BCUT2D eigenvalue weighted by Gasteiger charge is 2.33. The van der Waals surface area contributed by atoms with Crippen molar-refractivity contribution in [1.29, 1.82) is 0 Å². The molecule has 1 aromatic rings. The van der Waals surface area contributed by atoms with Gasteiger partial charge in [-0.3, -0.25) is 4.79 Å². The summed E-state index contributed by atoms with van der Waals surface area (Å²) in [7, 11) is 1.81. The van der Waals surface area contributed by atoms with E-state index >= 15 is 0 Å². The fraction of sp³-hybridized carbons (Fsp3) is 0.545. The second kappa shape index (κ2) is 4.95. The van der Waals surface area contributed by atoms with Crippen LogP contribution in [0.5, 0.6) is 0 Å². The van der Waals surface area contributed by atoms with Crippen LogP contribution in [0.1, 0.15) is 4.88 Å². The van der Waals surface area contributed by atoms with Crippen LogP contribution in [-0.4, -0.2) is 37.1 Å². The Hall–Kier alpha value is -0.910. The van der Waals surface area contributed by atoms with Crippen LogP contribution in [-0.2, 0) is 16.1 Å². The average molecular weight is 240 g/mol. The van der Waals surface area contributed by atoms with Gasteiger partial charge in [-0.25, -0.2) is 0 Å². The molecule has 0 aromatic carbocycles. The molecule has 16 heavy (non-hydrogen) atoms. The lowest BCUT2D eigenvalue weighted by atomic mass is 10.0. The quantitative estimate of drug-likeness (QED) is 0.845. The summed E-state index contributed by atoms with van der Waals surface area (Å²) in [5.41, 5.74) is 5.82. The molecule has 88 valence electrons. The Balaban J connectivity index is 1.94. The average Bonchev–Trinajstić information content (AvgIpc) is 2.88. The topological polar surface area (TPSA) is 55.6 Å². The Morgan fingerprint density at radius 2 is 2.50 bits per heavy atom. The van der Waals surface area contributed by atoms with Gasteiger partial charge in [0.2, 0.25) is 5.91 Å². The van der Waals surface area contributed by atoms with Crippen molar-refractivity contribution in [3.05, 3.63) is 22.4 Å². The van der Waals surface area contributed by atoms with Gasteiger partial charge in [0.05, 0.1) is 25.7 Å². The van der Waals surface area contributed by atoms with Crippen LogP contribution >= 0.6 is 11.3 Å². The molecule has 0 saturated carbocycles. The van der Waals surface area contributed by atoms with Gasteiger partial charge in [0.15, 0.2) is 0 Å². The standard InChI is InChI=1S/C11H16N2O2S/c1-13(5-8-3-2-4-16-8)11(14)9-6-15-7-10(9)12/h2-4,9-10H,5-7,12H2,1H3. The number of hydrogen-bond donors (Lipinski definition) is 1. The molecule has 1 amide bonds. The van der Waals surface area contributed by atoms with Crippen molar-refractivity contribution in [2.75, 3.05) is 20.3 Å². The van der Waals surface area contributed by atoms with E-state index in [1.807, 2.05) is 24.6 Å². The third-order valence-electron chi connectivity index (χ3n) is 2.79. The van der Waals surface area contributed by atoms with Gasteiger partial charge in [-0.15, -0.1) is 11.3 Å². The van der Waals surface area contributed by atoms with Crippen molar-refractivity contribution in [2.45, 2.75) is 12.6 Å². The molecule has 0 aliphatic carbocycles. The van der Waals surface area contributed by atoms with Crippen LogP contribution in [0.3, 0.4) is 0 Å². The SMILES string of the molecule is CN(Cc1cccs1)C(=O)C1COCC1N. The van der Waals surface area contributed by atoms with Crippen molar-refractivity contribution in [3.63, 3.8) is 0 Å². The molecule has 1 aliphatic heterocycles. The van der Waals surface area contributed by atoms with E-state index in [9.17, 15) is 4.79 Å². The third kappa shape index (κ3) is 2.42. The maximum atomic E-state index is 12.1. The van der Waals surface area contributed by atoms with Crippen LogP contribution in [0.15, 0.2) is 17.5 Å². The van der Waals surface area contributed by atoms with E-state index in [1.165, 1.54) is 4.88 Å². The van der Waals surface area contributed by atoms with Crippen LogP contribution in [0.4, 0.5) is 0 Å². The largest absolute Gasteiger partial charge is 0.379 e. The minimum Gasteiger partial charge on any atom is -0.379 e. The summed E-state index contributed by atoms with van der Waals surface area (Å²) in [5, 5.41) is 2.01. The highest BCUT2D eigenvalue weighted by atomic mass is 32.1. The molecule has 2 N–H and O–H groups in total. The molecule has 0 spiro atoms. The molecule has 2 rings (SSSR count). The fourth-order valence-electron chi connectivity index (χ4n) is 1.82. The van der Waals surface area contributed by atoms with E-state index in [0.29, 0.717) is 19.8 Å². The molecule has 0 radical (unpaired) electrons. The van der Waals surface area contributed by atoms with Gasteiger partial charge in [0.1, 0.15) is 0 Å². The van der Waals surface area contributed by atoms with Gasteiger partial charge in [-0.05, 0) is 11.4 Å². The first-order valence-corrected chi connectivity index (χ1v) is 6.17. The van der Waals surface area contributed by atoms with E-state index < -0.39 is 0 Å². The monoisotopic (exact) mass is 240 g/mol. The first-order chi connectivity index (χ1) is 7.68. The maximum absolute atomic E-state index is 12.1. The molecule has 2 atom stereocenters. The molecule has 0 bridgehead atoms. The zero-order valence-corrected chi connectivity index (χ0v) is 10.1. The Morgan fingerprint density at radius 3 is 3.06 bits per heavy atom. The summed E-state index contributed by atoms with van der Waals surface area (Å²) >= 11 is 1.66. The van der Waals surface area contributed by atoms with Crippen molar-refractivity contribution >= 4 is 17.2 Å². The number of nitrogens with zero attached hydrogens (tertiary/aromatic N) is 1. The number of rotatable bonds is 3. The molecular weight excluding hydrogens is 224 g/mol. The second-order valence-corrected chi connectivity index (χ2v) is 5.11. The van der Waals surface area contributed by atoms with Gasteiger partial charge < -0.3 is 15.4 Å². The van der Waals surface area contributed by atoms with Crippen LogP contribution in [0, 0.1) is 5.92 Å². The van der Waals surface area contributed by atoms with Crippen molar-refractivity contribution < 1.29 is 9.53 Å². The predicted octanol–water partition coefficient (Wildman–Crippen LogP) is 0.680. The molecule has 2 heterocycles. The van der Waals surface area contributed by atoms with E-state index in [-0.39, 0.29) is 17.9 Å². The summed E-state index contributed by atoms with van der Waals surface area (Å²) < 4.78 is 5.21. The van der Waals surface area contributed by atoms with E-state index in [4.69, 9.17) is 10.5 Å². The summed E-state index contributed by atoms with van der Waals surface area (Å²) in [5.74, 6) is -0.0941. The zero-order valence-electron chi connectivity index (χ0n) is 9.26. The lowest BCUT2D eigenvalue weighted by Crippen LogP contribution is -2.41. The van der Waals surface area contributed by atoms with Crippen LogP contribution < -0.4 is 5.73 Å². The summed E-state index contributed by atoms with van der Waals surface area (Å²) in [6, 6.07) is 3.86. The summed E-state index contributed by atoms with van der Waals surface area (Å²) in [6.45, 7) is 1.59. The Bertz CT molecular complexity index is 353. The Morgan fingerprint density at radius 1 is 1.69 bits per heavy atom. The first kappa shape index (κ1) is 11.6. The van der Waals surface area contributed by atoms with E-state index in [0.717, 1.165) is 0 Å². The van der Waals surface area contributed by atoms with Gasteiger partial charge in [0.25, 0.3) is 0 Å². The minimum atomic E-state index is -0.176. The van der Waals surface area contributed by atoms with E-state index in [1.54, 1.807) is 16.2 Å². The number of nitrogens with two attached hydrogens (primary N) is 1. The first-order valence-electron chi connectivity index (χ1n) is 5.29. The number of hydrogen-bond acceptors (Lipinski definition) is 4. The van der Waals surface area contributed by atoms with E-state index in [2.05, 4.69) is 0 Å². The third-order valence-corrected chi connectivity index (χ3v) is 3.65. The minimum absolute atomic E-state index is 0.0819. The molecule has 2 unspecified atom stereocenters. The Labute approximate surface area is 99.0 Å². The number of carbonyl (C=O) groups excluding carboxylic acids is 1. The molecule has 1 saturated heterocycles. The Kier molecular flexibility index (Phi) is 3.58. The van der Waals surface area contributed by atoms with Gasteiger partial charge in [-0.2, -0.15) is 0 Å². The van der Waals surface area contributed by atoms with Crippen LogP contribution in [0.25, 0.3) is 0 Å². The lowest BCUT2D eigenvalue weighted by Gasteiger charge is -2.21. The number of thiophene rings is 1. The van der Waals surface area contributed by atoms with Gasteiger partial charge in [-0.1, -0.05) is 6.07 Å². The normalized spacial score (nSPS) is 24.6. The number of carbonyl (C=O) groups is 1.